The van der Waals surface area contributed by atoms with Crippen LogP contribution in [0.3, 0.4) is 0 Å². The monoisotopic (exact) mass is 363 g/mol. The molecule has 1 unspecified atom stereocenters. The fraction of sp³-hybridized carbons (Fsp3) is 0.353. The molecule has 6 nitrogen and oxygen atoms in total. The average molecular weight is 363 g/mol. The molecule has 4 heterocycles. The number of nitrogens with one attached hydrogen (secondary N) is 1. The van der Waals surface area contributed by atoms with Gasteiger partial charge in [-0.2, -0.15) is 13.2 Å². The van der Waals surface area contributed by atoms with E-state index < -0.39 is 11.9 Å². The maximum absolute atomic E-state index is 13.4. The second-order valence-electron chi connectivity index (χ2n) is 6.15. The Kier molecular flexibility index (Phi) is 4.03. The van der Waals surface area contributed by atoms with Gasteiger partial charge in [-0.25, -0.2) is 15.0 Å². The lowest BCUT2D eigenvalue weighted by atomic mass is 10.1. The first kappa shape index (κ1) is 16.8. The number of aromatic amines is 1. The van der Waals surface area contributed by atoms with Crippen LogP contribution in [0.2, 0.25) is 0 Å². The molecule has 0 aromatic carbocycles. The number of rotatable bonds is 2. The molecule has 136 valence electrons. The van der Waals surface area contributed by atoms with Gasteiger partial charge in [-0.3, -0.25) is 0 Å². The minimum atomic E-state index is -4.56. The van der Waals surface area contributed by atoms with Gasteiger partial charge in [0.05, 0.1) is 19.3 Å². The van der Waals surface area contributed by atoms with Gasteiger partial charge in [0.1, 0.15) is 11.5 Å². The molecule has 0 saturated carbocycles. The molecule has 4 rings (SSSR count). The van der Waals surface area contributed by atoms with E-state index in [-0.39, 0.29) is 17.7 Å². The largest absolute Gasteiger partial charge is 0.433 e. The van der Waals surface area contributed by atoms with Crippen molar-refractivity contribution in [2.24, 2.45) is 0 Å². The summed E-state index contributed by atoms with van der Waals surface area (Å²) in [6, 6.07) is 4.30. The SMILES string of the molecule is CC1COCCN1c1cc(C(F)(F)F)nc(-c2ccnc3[nH]ccc23)n1. The van der Waals surface area contributed by atoms with Crippen molar-refractivity contribution in [2.75, 3.05) is 24.7 Å². The van der Waals surface area contributed by atoms with Crippen LogP contribution in [0, 0.1) is 0 Å². The summed E-state index contributed by atoms with van der Waals surface area (Å²) in [5, 5.41) is 0.674. The maximum Gasteiger partial charge on any atom is 0.433 e. The van der Waals surface area contributed by atoms with Gasteiger partial charge in [-0.1, -0.05) is 0 Å². The van der Waals surface area contributed by atoms with E-state index in [0.717, 1.165) is 6.07 Å². The summed E-state index contributed by atoms with van der Waals surface area (Å²) in [4.78, 5) is 17.2. The Morgan fingerprint density at radius 3 is 2.88 bits per heavy atom. The average Bonchev–Trinajstić information content (AvgIpc) is 3.09. The third kappa shape index (κ3) is 2.98. The molecule has 0 amide bonds. The fourth-order valence-electron chi connectivity index (χ4n) is 3.07. The minimum Gasteiger partial charge on any atom is -0.377 e. The van der Waals surface area contributed by atoms with Crippen molar-refractivity contribution >= 4 is 16.9 Å². The minimum absolute atomic E-state index is 0.0283. The van der Waals surface area contributed by atoms with E-state index in [1.165, 1.54) is 6.20 Å². The van der Waals surface area contributed by atoms with Crippen LogP contribution in [-0.4, -0.2) is 45.7 Å². The quantitative estimate of drug-likeness (QED) is 0.757. The molecule has 1 aliphatic rings. The number of hydrogen-bond donors (Lipinski definition) is 1. The molecule has 3 aromatic rings. The third-order valence-corrected chi connectivity index (χ3v) is 4.37. The Balaban J connectivity index is 1.89. The molecule has 1 saturated heterocycles. The number of hydrogen-bond acceptors (Lipinski definition) is 5. The molecular weight excluding hydrogens is 347 g/mol. The Morgan fingerprint density at radius 2 is 2.12 bits per heavy atom. The normalized spacial score (nSPS) is 18.5. The number of halogens is 3. The molecule has 1 fully saturated rings. The smallest absolute Gasteiger partial charge is 0.377 e. The van der Waals surface area contributed by atoms with Crippen molar-refractivity contribution in [2.45, 2.75) is 19.1 Å². The van der Waals surface area contributed by atoms with Crippen molar-refractivity contribution < 1.29 is 17.9 Å². The molecule has 1 atom stereocenters. The molecule has 26 heavy (non-hydrogen) atoms. The van der Waals surface area contributed by atoms with Crippen LogP contribution in [0.25, 0.3) is 22.4 Å². The van der Waals surface area contributed by atoms with E-state index >= 15 is 0 Å². The van der Waals surface area contributed by atoms with Gasteiger partial charge in [-0.15, -0.1) is 0 Å². The standard InChI is InChI=1S/C17H16F3N5O/c1-10-9-26-7-6-25(10)14-8-13(17(18,19)20)23-16(24-14)12-3-5-22-15-11(12)2-4-21-15/h2-5,8,10H,6-7,9H2,1H3,(H,21,22). The summed E-state index contributed by atoms with van der Waals surface area (Å²) >= 11 is 0. The first-order valence-electron chi connectivity index (χ1n) is 8.16. The summed E-state index contributed by atoms with van der Waals surface area (Å²) in [5.74, 6) is 0.277. The number of aromatic nitrogens is 4. The zero-order valence-corrected chi connectivity index (χ0v) is 13.9. The van der Waals surface area contributed by atoms with Crippen molar-refractivity contribution in [1.29, 1.82) is 0 Å². The highest BCUT2D eigenvalue weighted by molar-refractivity contribution is 5.91. The highest BCUT2D eigenvalue weighted by Crippen LogP contribution is 2.33. The summed E-state index contributed by atoms with van der Waals surface area (Å²) in [7, 11) is 0. The van der Waals surface area contributed by atoms with Crippen LogP contribution >= 0.6 is 0 Å². The van der Waals surface area contributed by atoms with Gasteiger partial charge in [0.25, 0.3) is 0 Å². The number of nitrogens with zero attached hydrogens (tertiary/aromatic N) is 4. The predicted molar refractivity (Wildman–Crippen MR) is 89.7 cm³/mol. The van der Waals surface area contributed by atoms with Crippen LogP contribution in [0.1, 0.15) is 12.6 Å². The van der Waals surface area contributed by atoms with Crippen molar-refractivity contribution in [3.05, 3.63) is 36.3 Å². The van der Waals surface area contributed by atoms with Gasteiger partial charge in [-0.05, 0) is 19.1 Å². The van der Waals surface area contributed by atoms with E-state index in [4.69, 9.17) is 4.74 Å². The molecule has 1 N–H and O–H groups in total. The lowest BCUT2D eigenvalue weighted by Gasteiger charge is -2.34. The Morgan fingerprint density at radius 1 is 1.27 bits per heavy atom. The Labute approximate surface area is 147 Å². The van der Waals surface area contributed by atoms with Crippen LogP contribution in [0.4, 0.5) is 19.0 Å². The van der Waals surface area contributed by atoms with E-state index in [0.29, 0.717) is 36.4 Å². The molecule has 1 aliphatic heterocycles. The molecular formula is C17H16F3N5O. The van der Waals surface area contributed by atoms with Gasteiger partial charge in [0.15, 0.2) is 11.5 Å². The first-order valence-corrected chi connectivity index (χ1v) is 8.16. The predicted octanol–water partition coefficient (Wildman–Crippen LogP) is 3.26. The highest BCUT2D eigenvalue weighted by Gasteiger charge is 2.35. The van der Waals surface area contributed by atoms with Gasteiger partial charge in [0.2, 0.25) is 0 Å². The first-order chi connectivity index (χ1) is 12.4. The lowest BCUT2D eigenvalue weighted by Crippen LogP contribution is -2.44. The lowest BCUT2D eigenvalue weighted by molar-refractivity contribution is -0.141. The van der Waals surface area contributed by atoms with E-state index in [2.05, 4.69) is 19.9 Å². The number of ether oxygens (including phenoxy) is 1. The zero-order chi connectivity index (χ0) is 18.3. The fourth-order valence-corrected chi connectivity index (χ4v) is 3.07. The number of alkyl halides is 3. The van der Waals surface area contributed by atoms with Crippen molar-refractivity contribution in [1.82, 2.24) is 19.9 Å². The van der Waals surface area contributed by atoms with Crippen LogP contribution in [0.5, 0.6) is 0 Å². The van der Waals surface area contributed by atoms with Crippen molar-refractivity contribution in [3.63, 3.8) is 0 Å². The zero-order valence-electron chi connectivity index (χ0n) is 13.9. The molecule has 0 radical (unpaired) electrons. The topological polar surface area (TPSA) is 66.9 Å². The van der Waals surface area contributed by atoms with Crippen LogP contribution in [0.15, 0.2) is 30.6 Å². The van der Waals surface area contributed by atoms with Gasteiger partial charge >= 0.3 is 6.18 Å². The second kappa shape index (κ2) is 6.24. The summed E-state index contributed by atoms with van der Waals surface area (Å²) in [5.41, 5.74) is 0.117. The number of fused-ring (bicyclic) bond motifs is 1. The van der Waals surface area contributed by atoms with Gasteiger partial charge in [0, 0.05) is 36.0 Å². The summed E-state index contributed by atoms with van der Waals surface area (Å²) < 4.78 is 45.7. The molecule has 0 spiro atoms. The second-order valence-corrected chi connectivity index (χ2v) is 6.15. The number of morpholine rings is 1. The molecule has 3 aromatic heterocycles. The molecule has 0 aliphatic carbocycles. The Bertz CT molecular complexity index is 940. The van der Waals surface area contributed by atoms with Crippen LogP contribution < -0.4 is 4.90 Å². The van der Waals surface area contributed by atoms with E-state index in [1.54, 1.807) is 18.3 Å². The summed E-state index contributed by atoms with van der Waals surface area (Å²) in [6.07, 6.45) is -1.36. The number of anilines is 1. The van der Waals surface area contributed by atoms with E-state index in [1.807, 2.05) is 11.8 Å². The summed E-state index contributed by atoms with van der Waals surface area (Å²) in [6.45, 7) is 3.26. The third-order valence-electron chi connectivity index (χ3n) is 4.37. The molecule has 0 bridgehead atoms. The van der Waals surface area contributed by atoms with Crippen molar-refractivity contribution in [3.8, 4) is 11.4 Å². The van der Waals surface area contributed by atoms with E-state index in [9.17, 15) is 13.2 Å². The molecule has 9 heteroatoms. The Hall–Kier alpha value is -2.68. The number of H-pyrrole nitrogens is 1. The maximum atomic E-state index is 13.4. The highest BCUT2D eigenvalue weighted by atomic mass is 19.4. The number of pyridine rings is 1. The van der Waals surface area contributed by atoms with Crippen LogP contribution in [-0.2, 0) is 10.9 Å². The van der Waals surface area contributed by atoms with Gasteiger partial charge < -0.3 is 14.6 Å².